The molecule has 0 saturated carbocycles. The lowest BCUT2D eigenvalue weighted by atomic mass is 10.1. The first-order valence-electron chi connectivity index (χ1n) is 8.15. The molecule has 3 N–H and O–H groups in total. The number of nitrogens with two attached hydrogens (primary N) is 1. The van der Waals surface area contributed by atoms with Crippen molar-refractivity contribution in [3.8, 4) is 0 Å². The van der Waals surface area contributed by atoms with Gasteiger partial charge in [-0.3, -0.25) is 9.59 Å². The number of nitrogens with one attached hydrogen (secondary N) is 1. The zero-order chi connectivity index (χ0) is 17.8. The molecule has 3 rings (SSSR count). The van der Waals surface area contributed by atoms with Crippen molar-refractivity contribution in [1.82, 2.24) is 4.90 Å². The molecule has 2 aromatic rings. The maximum absolute atomic E-state index is 12.6. The molecule has 1 saturated heterocycles. The molecule has 0 bridgehead atoms. The Morgan fingerprint density at radius 1 is 1.20 bits per heavy atom. The zero-order valence-electron chi connectivity index (χ0n) is 14.1. The Morgan fingerprint density at radius 3 is 2.64 bits per heavy atom. The fourth-order valence-corrected chi connectivity index (χ4v) is 2.64. The van der Waals surface area contributed by atoms with Crippen LogP contribution >= 0.6 is 0 Å². The number of ether oxygens (including phenoxy) is 1. The quantitative estimate of drug-likeness (QED) is 0.882. The number of amides is 2. The minimum absolute atomic E-state index is 0.0625. The molecule has 1 aromatic heterocycles. The van der Waals surface area contributed by atoms with Gasteiger partial charge < -0.3 is 25.1 Å². The lowest BCUT2D eigenvalue weighted by molar-refractivity contribution is 0.0303. The van der Waals surface area contributed by atoms with Crippen LogP contribution in [-0.4, -0.2) is 43.0 Å². The van der Waals surface area contributed by atoms with E-state index in [-0.39, 0.29) is 18.4 Å². The van der Waals surface area contributed by atoms with Gasteiger partial charge in [-0.1, -0.05) is 6.07 Å². The summed E-state index contributed by atoms with van der Waals surface area (Å²) in [5.74, 6) is 0.174. The highest BCUT2D eigenvalue weighted by atomic mass is 16.5. The van der Waals surface area contributed by atoms with Crippen LogP contribution in [0.5, 0.6) is 0 Å². The monoisotopic (exact) mass is 343 g/mol. The standard InChI is InChI=1S/C18H21N3O4/c1-12-2-3-13(18(23)21-4-6-24-7-5-21)9-16(12)20-17(22)14-8-15(10-19)25-11-14/h2-3,8-9,11H,4-7,10,19H2,1H3,(H,20,22). The van der Waals surface area contributed by atoms with Gasteiger partial charge in [0, 0.05) is 24.3 Å². The third-order valence-electron chi connectivity index (χ3n) is 4.15. The average molecular weight is 343 g/mol. The second-order valence-electron chi connectivity index (χ2n) is 5.89. The number of furan rings is 1. The van der Waals surface area contributed by atoms with Crippen molar-refractivity contribution in [3.63, 3.8) is 0 Å². The van der Waals surface area contributed by atoms with Crippen LogP contribution in [0.15, 0.2) is 34.9 Å². The minimum atomic E-state index is -0.303. The molecule has 2 heterocycles. The molecule has 2 amide bonds. The van der Waals surface area contributed by atoms with E-state index in [0.29, 0.717) is 48.9 Å². The van der Waals surface area contributed by atoms with Crippen LogP contribution in [0.4, 0.5) is 5.69 Å². The minimum Gasteiger partial charge on any atom is -0.467 e. The fourth-order valence-electron chi connectivity index (χ4n) is 2.64. The maximum atomic E-state index is 12.6. The summed E-state index contributed by atoms with van der Waals surface area (Å²) in [7, 11) is 0. The number of nitrogens with zero attached hydrogens (tertiary/aromatic N) is 1. The Kier molecular flexibility index (Phi) is 5.16. The molecule has 1 aliphatic heterocycles. The highest BCUT2D eigenvalue weighted by molar-refractivity contribution is 6.05. The summed E-state index contributed by atoms with van der Waals surface area (Å²) in [6, 6.07) is 6.90. The van der Waals surface area contributed by atoms with Crippen molar-refractivity contribution >= 4 is 17.5 Å². The molecule has 0 aliphatic carbocycles. The van der Waals surface area contributed by atoms with E-state index in [2.05, 4.69) is 5.32 Å². The number of carbonyl (C=O) groups excluding carboxylic acids is 2. The van der Waals surface area contributed by atoms with Gasteiger partial charge in [0.2, 0.25) is 0 Å². The van der Waals surface area contributed by atoms with Crippen molar-refractivity contribution in [2.75, 3.05) is 31.6 Å². The van der Waals surface area contributed by atoms with Crippen molar-refractivity contribution in [3.05, 3.63) is 53.0 Å². The van der Waals surface area contributed by atoms with E-state index in [9.17, 15) is 9.59 Å². The number of morpholine rings is 1. The van der Waals surface area contributed by atoms with Gasteiger partial charge in [0.25, 0.3) is 11.8 Å². The van der Waals surface area contributed by atoms with Gasteiger partial charge >= 0.3 is 0 Å². The first-order valence-corrected chi connectivity index (χ1v) is 8.15. The molecule has 1 fully saturated rings. The number of hydrogen-bond acceptors (Lipinski definition) is 5. The number of carbonyl (C=O) groups is 2. The first kappa shape index (κ1) is 17.2. The van der Waals surface area contributed by atoms with Gasteiger partial charge in [-0.05, 0) is 30.7 Å². The van der Waals surface area contributed by atoms with Crippen LogP contribution < -0.4 is 11.1 Å². The van der Waals surface area contributed by atoms with E-state index >= 15 is 0 Å². The van der Waals surface area contributed by atoms with E-state index in [1.165, 1.54) is 6.26 Å². The fraction of sp³-hybridized carbons (Fsp3) is 0.333. The highest BCUT2D eigenvalue weighted by Gasteiger charge is 2.20. The summed E-state index contributed by atoms with van der Waals surface area (Å²) in [6.07, 6.45) is 1.37. The smallest absolute Gasteiger partial charge is 0.258 e. The normalized spacial score (nSPS) is 14.4. The van der Waals surface area contributed by atoms with E-state index in [4.69, 9.17) is 14.9 Å². The third-order valence-corrected chi connectivity index (χ3v) is 4.15. The summed E-state index contributed by atoms with van der Waals surface area (Å²) >= 11 is 0. The van der Waals surface area contributed by atoms with Gasteiger partial charge in [0.15, 0.2) is 0 Å². The van der Waals surface area contributed by atoms with Crippen molar-refractivity contribution < 1.29 is 18.7 Å². The molecule has 0 unspecified atom stereocenters. The number of benzene rings is 1. The molecule has 7 heteroatoms. The SMILES string of the molecule is Cc1ccc(C(=O)N2CCOCC2)cc1NC(=O)c1coc(CN)c1. The molecule has 7 nitrogen and oxygen atoms in total. The Labute approximate surface area is 145 Å². The van der Waals surface area contributed by atoms with Crippen LogP contribution in [-0.2, 0) is 11.3 Å². The van der Waals surface area contributed by atoms with Crippen LogP contribution in [0, 0.1) is 6.92 Å². The van der Waals surface area contributed by atoms with Crippen molar-refractivity contribution in [2.45, 2.75) is 13.5 Å². The molecule has 0 atom stereocenters. The van der Waals surface area contributed by atoms with E-state index in [0.717, 1.165) is 5.56 Å². The van der Waals surface area contributed by atoms with Crippen LogP contribution in [0.3, 0.4) is 0 Å². The Balaban J connectivity index is 1.76. The largest absolute Gasteiger partial charge is 0.467 e. The Bertz CT molecular complexity index is 778. The summed E-state index contributed by atoms with van der Waals surface area (Å²) in [5, 5.41) is 2.83. The summed E-state index contributed by atoms with van der Waals surface area (Å²) in [4.78, 5) is 26.7. The van der Waals surface area contributed by atoms with E-state index in [1.54, 1.807) is 23.1 Å². The molecule has 1 aromatic carbocycles. The third kappa shape index (κ3) is 3.89. The van der Waals surface area contributed by atoms with Gasteiger partial charge in [-0.2, -0.15) is 0 Å². The van der Waals surface area contributed by atoms with Crippen LogP contribution in [0.1, 0.15) is 32.0 Å². The van der Waals surface area contributed by atoms with E-state index < -0.39 is 0 Å². The summed E-state index contributed by atoms with van der Waals surface area (Å²) in [5.41, 5.74) is 7.89. The van der Waals surface area contributed by atoms with Gasteiger partial charge in [-0.15, -0.1) is 0 Å². The molecule has 1 aliphatic rings. The predicted molar refractivity (Wildman–Crippen MR) is 92.5 cm³/mol. The van der Waals surface area contributed by atoms with E-state index in [1.807, 2.05) is 13.0 Å². The Hall–Kier alpha value is -2.64. The average Bonchev–Trinajstić information content (AvgIpc) is 3.13. The van der Waals surface area contributed by atoms with Gasteiger partial charge in [0.05, 0.1) is 25.3 Å². The predicted octanol–water partition coefficient (Wildman–Crippen LogP) is 1.77. The zero-order valence-corrected chi connectivity index (χ0v) is 14.1. The number of hydrogen-bond donors (Lipinski definition) is 2. The summed E-state index contributed by atoms with van der Waals surface area (Å²) in [6.45, 7) is 4.35. The van der Waals surface area contributed by atoms with Gasteiger partial charge in [0.1, 0.15) is 12.0 Å². The molecular formula is C18H21N3O4. The van der Waals surface area contributed by atoms with Crippen LogP contribution in [0.25, 0.3) is 0 Å². The lowest BCUT2D eigenvalue weighted by Gasteiger charge is -2.27. The topological polar surface area (TPSA) is 97.8 Å². The molecule has 0 spiro atoms. The van der Waals surface area contributed by atoms with Crippen molar-refractivity contribution in [1.29, 1.82) is 0 Å². The Morgan fingerprint density at radius 2 is 1.96 bits per heavy atom. The maximum Gasteiger partial charge on any atom is 0.258 e. The lowest BCUT2D eigenvalue weighted by Crippen LogP contribution is -2.40. The second-order valence-corrected chi connectivity index (χ2v) is 5.89. The van der Waals surface area contributed by atoms with Crippen molar-refractivity contribution in [2.24, 2.45) is 5.73 Å². The second kappa shape index (κ2) is 7.50. The number of aryl methyl sites for hydroxylation is 1. The van der Waals surface area contributed by atoms with Crippen LogP contribution in [0.2, 0.25) is 0 Å². The molecule has 0 radical (unpaired) electrons. The number of rotatable bonds is 4. The first-order chi connectivity index (χ1) is 12.1. The van der Waals surface area contributed by atoms with Gasteiger partial charge in [-0.25, -0.2) is 0 Å². The number of anilines is 1. The molecule has 132 valence electrons. The molecular weight excluding hydrogens is 322 g/mol. The summed E-state index contributed by atoms with van der Waals surface area (Å²) < 4.78 is 10.5. The highest BCUT2D eigenvalue weighted by Crippen LogP contribution is 2.20. The molecule has 25 heavy (non-hydrogen) atoms.